The van der Waals surface area contributed by atoms with Crippen LogP contribution in [0.2, 0.25) is 5.02 Å². The van der Waals surface area contributed by atoms with Gasteiger partial charge < -0.3 is 5.32 Å². The van der Waals surface area contributed by atoms with E-state index in [1.165, 1.54) is 32.1 Å². The lowest BCUT2D eigenvalue weighted by atomic mass is 9.95. The van der Waals surface area contributed by atoms with Crippen LogP contribution in [0.1, 0.15) is 49.4 Å². The van der Waals surface area contributed by atoms with Crippen molar-refractivity contribution in [3.8, 4) is 0 Å². The first-order valence-corrected chi connectivity index (χ1v) is 7.27. The molecule has 1 N–H and O–H groups in total. The van der Waals surface area contributed by atoms with Crippen LogP contribution in [0, 0.1) is 0 Å². The van der Waals surface area contributed by atoms with E-state index in [0.717, 1.165) is 5.70 Å². The van der Waals surface area contributed by atoms with E-state index < -0.39 is 0 Å². The molecule has 3 heteroatoms. The van der Waals surface area contributed by atoms with Crippen molar-refractivity contribution in [3.63, 3.8) is 0 Å². The topological polar surface area (TPSA) is 29.1 Å². The fourth-order valence-corrected chi connectivity index (χ4v) is 2.63. The summed E-state index contributed by atoms with van der Waals surface area (Å²) < 4.78 is 0. The zero-order valence-corrected chi connectivity index (χ0v) is 12.0. The third kappa shape index (κ3) is 4.39. The summed E-state index contributed by atoms with van der Waals surface area (Å²) in [5.74, 6) is 0.0254. The van der Waals surface area contributed by atoms with Gasteiger partial charge in [0.2, 0.25) is 0 Å². The maximum atomic E-state index is 12.0. The van der Waals surface area contributed by atoms with E-state index in [9.17, 15) is 4.79 Å². The van der Waals surface area contributed by atoms with Crippen molar-refractivity contribution in [1.29, 1.82) is 0 Å². The average Bonchev–Trinajstić information content (AvgIpc) is 2.40. The van der Waals surface area contributed by atoms with Crippen molar-refractivity contribution in [1.82, 2.24) is 5.32 Å². The monoisotopic (exact) mass is 277 g/mol. The van der Waals surface area contributed by atoms with Gasteiger partial charge in [-0.15, -0.1) is 0 Å². The standard InChI is InChI=1S/C16H20ClNO/c1-12(18-15-5-3-2-4-6-15)11-16(19)13-7-9-14(17)10-8-13/h7-11,15,18H,2-6H2,1H3. The summed E-state index contributed by atoms with van der Waals surface area (Å²) >= 11 is 5.81. The predicted molar refractivity (Wildman–Crippen MR) is 79.5 cm³/mol. The number of allylic oxidation sites excluding steroid dienone is 2. The average molecular weight is 278 g/mol. The summed E-state index contributed by atoms with van der Waals surface area (Å²) in [6, 6.07) is 7.53. The first-order valence-electron chi connectivity index (χ1n) is 6.90. The van der Waals surface area contributed by atoms with Crippen LogP contribution in [0.4, 0.5) is 0 Å². The van der Waals surface area contributed by atoms with Gasteiger partial charge in [-0.25, -0.2) is 0 Å². The summed E-state index contributed by atoms with van der Waals surface area (Å²) in [6.45, 7) is 1.96. The van der Waals surface area contributed by atoms with Gasteiger partial charge >= 0.3 is 0 Å². The molecule has 19 heavy (non-hydrogen) atoms. The number of hydrogen-bond donors (Lipinski definition) is 1. The third-order valence-electron chi connectivity index (χ3n) is 3.51. The molecular formula is C16H20ClNO. The molecule has 1 saturated carbocycles. The molecule has 1 aromatic carbocycles. The van der Waals surface area contributed by atoms with Crippen molar-refractivity contribution in [2.24, 2.45) is 0 Å². The van der Waals surface area contributed by atoms with Gasteiger partial charge in [-0.05, 0) is 44.0 Å². The van der Waals surface area contributed by atoms with E-state index in [4.69, 9.17) is 11.6 Å². The number of rotatable bonds is 4. The van der Waals surface area contributed by atoms with Gasteiger partial charge in [-0.2, -0.15) is 0 Å². The molecule has 0 unspecified atom stereocenters. The van der Waals surface area contributed by atoms with Crippen LogP contribution in [-0.4, -0.2) is 11.8 Å². The van der Waals surface area contributed by atoms with Crippen molar-refractivity contribution >= 4 is 17.4 Å². The van der Waals surface area contributed by atoms with Crippen molar-refractivity contribution in [3.05, 3.63) is 46.6 Å². The number of carbonyl (C=O) groups is 1. The molecule has 0 aromatic heterocycles. The summed E-state index contributed by atoms with van der Waals surface area (Å²) in [4.78, 5) is 12.0. The summed E-state index contributed by atoms with van der Waals surface area (Å²) in [7, 11) is 0. The Balaban J connectivity index is 1.95. The zero-order valence-electron chi connectivity index (χ0n) is 11.3. The van der Waals surface area contributed by atoms with E-state index in [1.807, 2.05) is 6.92 Å². The Labute approximate surface area is 119 Å². The first kappa shape index (κ1) is 14.1. The molecule has 2 rings (SSSR count). The highest BCUT2D eigenvalue weighted by molar-refractivity contribution is 6.30. The molecule has 1 aliphatic rings. The second-order valence-electron chi connectivity index (χ2n) is 5.18. The lowest BCUT2D eigenvalue weighted by Crippen LogP contribution is -2.29. The van der Waals surface area contributed by atoms with Crippen LogP contribution < -0.4 is 5.32 Å². The molecule has 0 aliphatic heterocycles. The maximum absolute atomic E-state index is 12.0. The van der Waals surface area contributed by atoms with Gasteiger partial charge in [0.1, 0.15) is 0 Å². The number of halogens is 1. The third-order valence-corrected chi connectivity index (χ3v) is 3.77. The minimum absolute atomic E-state index is 0.0254. The molecule has 1 aromatic rings. The minimum atomic E-state index is 0.0254. The van der Waals surface area contributed by atoms with Gasteiger partial charge in [0.15, 0.2) is 5.78 Å². The number of benzene rings is 1. The van der Waals surface area contributed by atoms with E-state index in [1.54, 1.807) is 30.3 Å². The molecule has 2 nitrogen and oxygen atoms in total. The molecule has 0 radical (unpaired) electrons. The van der Waals surface area contributed by atoms with Crippen LogP contribution in [0.25, 0.3) is 0 Å². The molecule has 102 valence electrons. The second kappa shape index (κ2) is 6.76. The van der Waals surface area contributed by atoms with Crippen LogP contribution in [0.5, 0.6) is 0 Å². The van der Waals surface area contributed by atoms with Crippen molar-refractivity contribution in [2.45, 2.75) is 45.1 Å². The number of hydrogen-bond acceptors (Lipinski definition) is 2. The highest BCUT2D eigenvalue weighted by atomic mass is 35.5. The molecule has 0 atom stereocenters. The lowest BCUT2D eigenvalue weighted by Gasteiger charge is -2.24. The zero-order chi connectivity index (χ0) is 13.7. The summed E-state index contributed by atoms with van der Waals surface area (Å²) in [5.41, 5.74) is 1.63. The number of carbonyl (C=O) groups excluding carboxylic acids is 1. The van der Waals surface area contributed by atoms with E-state index >= 15 is 0 Å². The fraction of sp³-hybridized carbons (Fsp3) is 0.438. The van der Waals surface area contributed by atoms with Gasteiger partial charge in [0, 0.05) is 28.4 Å². The van der Waals surface area contributed by atoms with Crippen molar-refractivity contribution in [2.75, 3.05) is 0 Å². The van der Waals surface area contributed by atoms with Gasteiger partial charge in [0.05, 0.1) is 0 Å². The fourth-order valence-electron chi connectivity index (χ4n) is 2.50. The molecular weight excluding hydrogens is 258 g/mol. The maximum Gasteiger partial charge on any atom is 0.187 e. The molecule has 0 amide bonds. The van der Waals surface area contributed by atoms with Crippen LogP contribution in [0.3, 0.4) is 0 Å². The SMILES string of the molecule is CC(=CC(=O)c1ccc(Cl)cc1)NC1CCCCC1. The Hall–Kier alpha value is -1.28. The Morgan fingerprint density at radius 1 is 1.21 bits per heavy atom. The smallest absolute Gasteiger partial charge is 0.187 e. The highest BCUT2D eigenvalue weighted by Gasteiger charge is 2.13. The van der Waals surface area contributed by atoms with Gasteiger partial charge in [-0.1, -0.05) is 30.9 Å². The van der Waals surface area contributed by atoms with E-state index in [-0.39, 0.29) is 5.78 Å². The number of ketones is 1. The highest BCUT2D eigenvalue weighted by Crippen LogP contribution is 2.18. The predicted octanol–water partition coefficient (Wildman–Crippen LogP) is 4.35. The molecule has 1 fully saturated rings. The number of nitrogens with one attached hydrogen (secondary N) is 1. The van der Waals surface area contributed by atoms with Gasteiger partial charge in [-0.3, -0.25) is 4.79 Å². The van der Waals surface area contributed by atoms with Crippen LogP contribution >= 0.6 is 11.6 Å². The minimum Gasteiger partial charge on any atom is -0.386 e. The Kier molecular flexibility index (Phi) is 5.03. The largest absolute Gasteiger partial charge is 0.386 e. The van der Waals surface area contributed by atoms with Gasteiger partial charge in [0.25, 0.3) is 0 Å². The molecule has 0 bridgehead atoms. The van der Waals surface area contributed by atoms with Crippen molar-refractivity contribution < 1.29 is 4.79 Å². The summed E-state index contributed by atoms with van der Waals surface area (Å²) in [5, 5.41) is 4.10. The Morgan fingerprint density at radius 2 is 1.84 bits per heavy atom. The molecule has 1 aliphatic carbocycles. The quantitative estimate of drug-likeness (QED) is 0.655. The van der Waals surface area contributed by atoms with Crippen LogP contribution in [0.15, 0.2) is 36.0 Å². The van der Waals surface area contributed by atoms with E-state index in [2.05, 4.69) is 5.32 Å². The molecule has 0 spiro atoms. The summed E-state index contributed by atoms with van der Waals surface area (Å²) in [6.07, 6.45) is 8.01. The molecule has 0 saturated heterocycles. The Bertz CT molecular complexity index is 458. The second-order valence-corrected chi connectivity index (χ2v) is 5.61. The lowest BCUT2D eigenvalue weighted by molar-refractivity contribution is 0.104. The molecule has 0 heterocycles. The Morgan fingerprint density at radius 3 is 2.47 bits per heavy atom. The first-order chi connectivity index (χ1) is 9.15. The van der Waals surface area contributed by atoms with Crippen LogP contribution in [-0.2, 0) is 0 Å². The normalized spacial score (nSPS) is 17.3. The van der Waals surface area contributed by atoms with E-state index in [0.29, 0.717) is 16.6 Å².